The molecule has 1 saturated heterocycles. The van der Waals surface area contributed by atoms with Gasteiger partial charge in [-0.25, -0.2) is 0 Å². The smallest absolute Gasteiger partial charge is 0.230 e. The van der Waals surface area contributed by atoms with Crippen LogP contribution in [0.1, 0.15) is 31.7 Å². The van der Waals surface area contributed by atoms with Crippen LogP contribution in [0.2, 0.25) is 0 Å². The van der Waals surface area contributed by atoms with Gasteiger partial charge in [0.05, 0.1) is 12.0 Å². The summed E-state index contributed by atoms with van der Waals surface area (Å²) >= 11 is 0. The molecule has 0 atom stereocenters. The number of anilines is 1. The summed E-state index contributed by atoms with van der Waals surface area (Å²) < 4.78 is 0. The second-order valence-electron chi connectivity index (χ2n) is 5.19. The third-order valence-corrected chi connectivity index (χ3v) is 4.11. The van der Waals surface area contributed by atoms with Crippen molar-refractivity contribution in [1.29, 1.82) is 0 Å². The highest BCUT2D eigenvalue weighted by molar-refractivity contribution is 5.95. The van der Waals surface area contributed by atoms with Gasteiger partial charge < -0.3 is 15.7 Å². The van der Waals surface area contributed by atoms with E-state index in [9.17, 15) is 4.79 Å². The van der Waals surface area contributed by atoms with Gasteiger partial charge in [-0.2, -0.15) is 0 Å². The summed E-state index contributed by atoms with van der Waals surface area (Å²) in [5.41, 5.74) is 1.42. The van der Waals surface area contributed by atoms with Crippen LogP contribution in [-0.4, -0.2) is 24.1 Å². The summed E-state index contributed by atoms with van der Waals surface area (Å²) in [5, 5.41) is 15.3. The first-order valence-electron chi connectivity index (χ1n) is 6.92. The Morgan fingerprint density at radius 1 is 1.32 bits per heavy atom. The molecular weight excluding hydrogens is 240 g/mol. The number of benzene rings is 1. The Morgan fingerprint density at radius 3 is 2.47 bits per heavy atom. The van der Waals surface area contributed by atoms with Crippen molar-refractivity contribution < 1.29 is 9.90 Å². The Hall–Kier alpha value is -1.39. The van der Waals surface area contributed by atoms with Gasteiger partial charge in [-0.15, -0.1) is 0 Å². The quantitative estimate of drug-likeness (QED) is 0.776. The maximum atomic E-state index is 12.5. The Labute approximate surface area is 114 Å². The molecule has 0 aromatic heterocycles. The van der Waals surface area contributed by atoms with Crippen molar-refractivity contribution in [2.24, 2.45) is 5.41 Å². The van der Waals surface area contributed by atoms with Gasteiger partial charge >= 0.3 is 0 Å². The molecule has 4 nitrogen and oxygen atoms in total. The molecule has 1 aromatic rings. The number of piperidine rings is 1. The van der Waals surface area contributed by atoms with E-state index in [1.807, 2.05) is 24.3 Å². The summed E-state index contributed by atoms with van der Waals surface area (Å²) in [6.45, 7) is 3.92. The van der Waals surface area contributed by atoms with Crippen LogP contribution in [0, 0.1) is 5.41 Å². The number of hydrogen-bond acceptors (Lipinski definition) is 3. The summed E-state index contributed by atoms with van der Waals surface area (Å²) in [6, 6.07) is 7.34. The van der Waals surface area contributed by atoms with Crippen LogP contribution in [0.5, 0.6) is 0 Å². The van der Waals surface area contributed by atoms with Gasteiger partial charge in [-0.1, -0.05) is 19.1 Å². The topological polar surface area (TPSA) is 61.4 Å². The number of nitrogens with one attached hydrogen (secondary N) is 2. The molecule has 1 fully saturated rings. The van der Waals surface area contributed by atoms with Gasteiger partial charge in [-0.3, -0.25) is 4.79 Å². The zero-order valence-electron chi connectivity index (χ0n) is 11.4. The minimum Gasteiger partial charge on any atom is -0.392 e. The zero-order chi connectivity index (χ0) is 13.7. The number of aliphatic hydroxyl groups is 1. The molecular formula is C15H22N2O2. The van der Waals surface area contributed by atoms with E-state index in [0.29, 0.717) is 0 Å². The zero-order valence-corrected chi connectivity index (χ0v) is 11.4. The van der Waals surface area contributed by atoms with Crippen molar-refractivity contribution in [3.05, 3.63) is 29.8 Å². The third-order valence-electron chi connectivity index (χ3n) is 4.11. The minimum absolute atomic E-state index is 0.0266. The number of carbonyl (C=O) groups excluding carboxylic acids is 1. The molecule has 4 heteroatoms. The summed E-state index contributed by atoms with van der Waals surface area (Å²) in [7, 11) is 0. The van der Waals surface area contributed by atoms with E-state index in [0.717, 1.165) is 43.6 Å². The lowest BCUT2D eigenvalue weighted by Crippen LogP contribution is -2.44. The number of rotatable bonds is 4. The van der Waals surface area contributed by atoms with Crippen LogP contribution in [0.25, 0.3) is 0 Å². The van der Waals surface area contributed by atoms with E-state index >= 15 is 0 Å². The Bertz CT molecular complexity index is 422. The van der Waals surface area contributed by atoms with Crippen molar-refractivity contribution in [3.8, 4) is 0 Å². The number of amides is 1. The molecule has 19 heavy (non-hydrogen) atoms. The normalized spacial score (nSPS) is 18.0. The van der Waals surface area contributed by atoms with E-state index < -0.39 is 0 Å². The van der Waals surface area contributed by atoms with Crippen LogP contribution in [0.3, 0.4) is 0 Å². The second-order valence-corrected chi connectivity index (χ2v) is 5.19. The van der Waals surface area contributed by atoms with Crippen LogP contribution < -0.4 is 10.6 Å². The fourth-order valence-corrected chi connectivity index (χ4v) is 2.60. The molecule has 104 valence electrons. The molecule has 0 bridgehead atoms. The molecule has 3 N–H and O–H groups in total. The summed E-state index contributed by atoms with van der Waals surface area (Å²) in [5.74, 6) is 0.119. The molecule has 0 radical (unpaired) electrons. The third kappa shape index (κ3) is 3.14. The maximum absolute atomic E-state index is 12.5. The fraction of sp³-hybridized carbons (Fsp3) is 0.533. The first-order valence-corrected chi connectivity index (χ1v) is 6.92. The van der Waals surface area contributed by atoms with Crippen molar-refractivity contribution in [3.63, 3.8) is 0 Å². The predicted octanol–water partition coefficient (Wildman–Crippen LogP) is 1.90. The van der Waals surface area contributed by atoms with Crippen molar-refractivity contribution in [1.82, 2.24) is 5.32 Å². The first-order chi connectivity index (χ1) is 9.20. The molecule has 0 unspecified atom stereocenters. The van der Waals surface area contributed by atoms with E-state index in [1.165, 1.54) is 0 Å². The van der Waals surface area contributed by atoms with Gasteiger partial charge in [-0.05, 0) is 50.0 Å². The average molecular weight is 262 g/mol. The Morgan fingerprint density at radius 2 is 1.95 bits per heavy atom. The fourth-order valence-electron chi connectivity index (χ4n) is 2.60. The molecule has 1 heterocycles. The van der Waals surface area contributed by atoms with E-state index in [-0.39, 0.29) is 17.9 Å². The standard InChI is InChI=1S/C15H22N2O2/c1-2-15(7-9-16-10-8-15)14(19)17-13-5-3-12(11-18)4-6-13/h3-6,16,18H,2,7-11H2,1H3,(H,17,19). The van der Waals surface area contributed by atoms with Gasteiger partial charge in [0.2, 0.25) is 5.91 Å². The van der Waals surface area contributed by atoms with Gasteiger partial charge in [0, 0.05) is 5.69 Å². The van der Waals surface area contributed by atoms with Crippen LogP contribution >= 0.6 is 0 Å². The molecule has 1 aromatic carbocycles. The van der Waals surface area contributed by atoms with Crippen LogP contribution in [0.15, 0.2) is 24.3 Å². The molecule has 1 amide bonds. The molecule has 2 rings (SSSR count). The van der Waals surface area contributed by atoms with Gasteiger partial charge in [0.25, 0.3) is 0 Å². The lowest BCUT2D eigenvalue weighted by molar-refractivity contribution is -0.127. The molecule has 0 saturated carbocycles. The van der Waals surface area contributed by atoms with Crippen molar-refractivity contribution >= 4 is 11.6 Å². The van der Waals surface area contributed by atoms with Crippen LogP contribution in [-0.2, 0) is 11.4 Å². The van der Waals surface area contributed by atoms with Crippen molar-refractivity contribution in [2.75, 3.05) is 18.4 Å². The lowest BCUT2D eigenvalue weighted by Gasteiger charge is -2.35. The number of aliphatic hydroxyl groups excluding tert-OH is 1. The molecule has 1 aliphatic rings. The molecule has 0 spiro atoms. The van der Waals surface area contributed by atoms with E-state index in [1.54, 1.807) is 0 Å². The minimum atomic E-state index is -0.235. The highest BCUT2D eigenvalue weighted by Gasteiger charge is 2.37. The highest BCUT2D eigenvalue weighted by atomic mass is 16.3. The number of hydrogen-bond donors (Lipinski definition) is 3. The monoisotopic (exact) mass is 262 g/mol. The first kappa shape index (κ1) is 14.0. The molecule has 0 aliphatic carbocycles. The van der Waals surface area contributed by atoms with Crippen LogP contribution in [0.4, 0.5) is 5.69 Å². The summed E-state index contributed by atoms with van der Waals surface area (Å²) in [6.07, 6.45) is 2.66. The van der Waals surface area contributed by atoms with Gasteiger partial charge in [0.1, 0.15) is 0 Å². The average Bonchev–Trinajstić information content (AvgIpc) is 2.48. The van der Waals surface area contributed by atoms with E-state index in [4.69, 9.17) is 5.11 Å². The molecule has 1 aliphatic heterocycles. The number of carbonyl (C=O) groups is 1. The van der Waals surface area contributed by atoms with E-state index in [2.05, 4.69) is 17.6 Å². The predicted molar refractivity (Wildman–Crippen MR) is 75.8 cm³/mol. The Kier molecular flexibility index (Phi) is 4.56. The Balaban J connectivity index is 2.05. The lowest BCUT2D eigenvalue weighted by atomic mass is 9.76. The summed E-state index contributed by atoms with van der Waals surface area (Å²) in [4.78, 5) is 12.5. The van der Waals surface area contributed by atoms with Gasteiger partial charge in [0.15, 0.2) is 0 Å². The SMILES string of the molecule is CCC1(C(=O)Nc2ccc(CO)cc2)CCNCC1. The highest BCUT2D eigenvalue weighted by Crippen LogP contribution is 2.33. The maximum Gasteiger partial charge on any atom is 0.230 e. The largest absolute Gasteiger partial charge is 0.392 e. The second kappa shape index (κ2) is 6.17. The van der Waals surface area contributed by atoms with Crippen molar-refractivity contribution in [2.45, 2.75) is 32.8 Å².